The fourth-order valence-corrected chi connectivity index (χ4v) is 2.38. The van der Waals surface area contributed by atoms with Crippen LogP contribution in [0.3, 0.4) is 0 Å². The van der Waals surface area contributed by atoms with E-state index in [-0.39, 0.29) is 0 Å². The molecule has 0 radical (unpaired) electrons. The Morgan fingerprint density at radius 1 is 0.783 bits per heavy atom. The van der Waals surface area contributed by atoms with Crippen LogP contribution in [0.5, 0.6) is 17.2 Å². The molecule has 23 heavy (non-hydrogen) atoms. The molecule has 3 aromatic rings. The second-order valence-electron chi connectivity index (χ2n) is 4.86. The maximum absolute atomic E-state index is 5.48. The number of hydrogen-bond donors (Lipinski definition) is 0. The molecule has 1 aromatic heterocycles. The molecule has 0 saturated carbocycles. The lowest BCUT2D eigenvalue weighted by atomic mass is 10.1. The van der Waals surface area contributed by atoms with E-state index in [9.17, 15) is 0 Å². The van der Waals surface area contributed by atoms with Crippen LogP contribution in [0.2, 0.25) is 0 Å². The summed E-state index contributed by atoms with van der Waals surface area (Å²) >= 11 is 0. The van der Waals surface area contributed by atoms with Crippen molar-refractivity contribution in [3.63, 3.8) is 0 Å². The van der Waals surface area contributed by atoms with E-state index in [2.05, 4.69) is 5.16 Å². The standard InChI is InChI=1S/C18H17NO4/c1-20-16-9-13(10-17(21-2)18(16)22-3)15-11-14(19-23-15)12-7-5-4-6-8-12/h4-11H,1-3H3. The predicted molar refractivity (Wildman–Crippen MR) is 87.0 cm³/mol. The molecule has 0 fully saturated rings. The number of hydrogen-bond acceptors (Lipinski definition) is 5. The van der Waals surface area contributed by atoms with Crippen LogP contribution in [0.25, 0.3) is 22.6 Å². The quantitative estimate of drug-likeness (QED) is 0.712. The van der Waals surface area contributed by atoms with Gasteiger partial charge in [0.2, 0.25) is 5.75 Å². The number of ether oxygens (including phenoxy) is 3. The molecule has 5 nitrogen and oxygen atoms in total. The SMILES string of the molecule is COc1cc(-c2cc(-c3ccccc3)no2)cc(OC)c1OC. The van der Waals surface area contributed by atoms with Gasteiger partial charge in [-0.05, 0) is 12.1 Å². The molecule has 118 valence electrons. The summed E-state index contributed by atoms with van der Waals surface area (Å²) in [6.45, 7) is 0. The average molecular weight is 311 g/mol. The number of benzene rings is 2. The van der Waals surface area contributed by atoms with E-state index in [0.717, 1.165) is 16.8 Å². The van der Waals surface area contributed by atoms with Crippen molar-refractivity contribution in [3.8, 4) is 39.8 Å². The van der Waals surface area contributed by atoms with E-state index >= 15 is 0 Å². The highest BCUT2D eigenvalue weighted by Crippen LogP contribution is 2.41. The van der Waals surface area contributed by atoms with Gasteiger partial charge in [0.1, 0.15) is 5.69 Å². The minimum Gasteiger partial charge on any atom is -0.493 e. The Hall–Kier alpha value is -2.95. The number of nitrogens with zero attached hydrogens (tertiary/aromatic N) is 1. The minimum atomic E-state index is 0.543. The predicted octanol–water partition coefficient (Wildman–Crippen LogP) is 4.03. The van der Waals surface area contributed by atoms with Gasteiger partial charge in [-0.1, -0.05) is 35.5 Å². The molecule has 0 aliphatic rings. The van der Waals surface area contributed by atoms with Crippen molar-refractivity contribution in [2.24, 2.45) is 0 Å². The van der Waals surface area contributed by atoms with E-state index < -0.39 is 0 Å². The van der Waals surface area contributed by atoms with Crippen LogP contribution in [0.4, 0.5) is 0 Å². The monoisotopic (exact) mass is 311 g/mol. The molecule has 0 amide bonds. The molecule has 5 heteroatoms. The number of rotatable bonds is 5. The Balaban J connectivity index is 2.04. The lowest BCUT2D eigenvalue weighted by molar-refractivity contribution is 0.324. The van der Waals surface area contributed by atoms with E-state index in [1.165, 1.54) is 0 Å². The average Bonchev–Trinajstić information content (AvgIpc) is 3.11. The first-order chi connectivity index (χ1) is 11.3. The third kappa shape index (κ3) is 2.85. The van der Waals surface area contributed by atoms with Crippen LogP contribution in [0.1, 0.15) is 0 Å². The highest BCUT2D eigenvalue weighted by Gasteiger charge is 2.16. The maximum atomic E-state index is 5.48. The van der Waals surface area contributed by atoms with Crippen LogP contribution < -0.4 is 14.2 Å². The smallest absolute Gasteiger partial charge is 0.203 e. The van der Waals surface area contributed by atoms with Crippen LogP contribution >= 0.6 is 0 Å². The van der Waals surface area contributed by atoms with Crippen molar-refractivity contribution < 1.29 is 18.7 Å². The van der Waals surface area contributed by atoms with Crippen molar-refractivity contribution >= 4 is 0 Å². The lowest BCUT2D eigenvalue weighted by Crippen LogP contribution is -1.95. The van der Waals surface area contributed by atoms with Gasteiger partial charge in [0.15, 0.2) is 17.3 Å². The largest absolute Gasteiger partial charge is 0.493 e. The van der Waals surface area contributed by atoms with Crippen molar-refractivity contribution in [3.05, 3.63) is 48.5 Å². The summed E-state index contributed by atoms with van der Waals surface area (Å²) in [5.41, 5.74) is 2.57. The van der Waals surface area contributed by atoms with Gasteiger partial charge < -0.3 is 18.7 Å². The Morgan fingerprint density at radius 2 is 1.43 bits per heavy atom. The Bertz CT molecular complexity index is 771. The molecular formula is C18H17NO4. The first-order valence-electron chi connectivity index (χ1n) is 7.09. The number of methoxy groups -OCH3 is 3. The number of aromatic nitrogens is 1. The van der Waals surface area contributed by atoms with Gasteiger partial charge in [0.25, 0.3) is 0 Å². The Labute approximate surface area is 134 Å². The third-order valence-electron chi connectivity index (χ3n) is 3.53. The summed E-state index contributed by atoms with van der Waals surface area (Å²) in [6, 6.07) is 15.4. The highest BCUT2D eigenvalue weighted by molar-refractivity contribution is 5.71. The summed E-state index contributed by atoms with van der Waals surface area (Å²) < 4.78 is 21.5. The molecular weight excluding hydrogens is 294 g/mol. The third-order valence-corrected chi connectivity index (χ3v) is 3.53. The molecule has 2 aromatic carbocycles. The van der Waals surface area contributed by atoms with Crippen LogP contribution in [-0.4, -0.2) is 26.5 Å². The zero-order chi connectivity index (χ0) is 16.2. The van der Waals surface area contributed by atoms with Crippen molar-refractivity contribution in [1.29, 1.82) is 0 Å². The molecule has 0 atom stereocenters. The van der Waals surface area contributed by atoms with Gasteiger partial charge in [0.05, 0.1) is 21.3 Å². The van der Waals surface area contributed by atoms with Crippen LogP contribution in [-0.2, 0) is 0 Å². The van der Waals surface area contributed by atoms with Gasteiger partial charge in [0, 0.05) is 17.2 Å². The Kier molecular flexibility index (Phi) is 4.19. The summed E-state index contributed by atoms with van der Waals surface area (Å²) in [5, 5.41) is 4.13. The van der Waals surface area contributed by atoms with E-state index in [0.29, 0.717) is 23.0 Å². The summed E-state index contributed by atoms with van der Waals surface area (Å²) in [4.78, 5) is 0. The molecule has 1 heterocycles. The normalized spacial score (nSPS) is 10.4. The molecule has 0 unspecified atom stereocenters. The van der Waals surface area contributed by atoms with E-state index in [4.69, 9.17) is 18.7 Å². The van der Waals surface area contributed by atoms with Gasteiger partial charge >= 0.3 is 0 Å². The molecule has 0 saturated heterocycles. The van der Waals surface area contributed by atoms with Gasteiger partial charge in [-0.2, -0.15) is 0 Å². The van der Waals surface area contributed by atoms with Gasteiger partial charge in [-0.25, -0.2) is 0 Å². The second kappa shape index (κ2) is 6.44. The van der Waals surface area contributed by atoms with Gasteiger partial charge in [-0.3, -0.25) is 0 Å². The first-order valence-corrected chi connectivity index (χ1v) is 7.09. The van der Waals surface area contributed by atoms with Gasteiger partial charge in [-0.15, -0.1) is 0 Å². The lowest BCUT2D eigenvalue weighted by Gasteiger charge is -2.12. The topological polar surface area (TPSA) is 53.7 Å². The Morgan fingerprint density at radius 3 is 2.00 bits per heavy atom. The molecule has 0 N–H and O–H groups in total. The van der Waals surface area contributed by atoms with Crippen molar-refractivity contribution in [2.45, 2.75) is 0 Å². The van der Waals surface area contributed by atoms with Crippen molar-refractivity contribution in [1.82, 2.24) is 5.16 Å². The highest BCUT2D eigenvalue weighted by atomic mass is 16.5. The summed E-state index contributed by atoms with van der Waals surface area (Å²) in [6.07, 6.45) is 0. The second-order valence-corrected chi connectivity index (χ2v) is 4.86. The zero-order valence-electron chi connectivity index (χ0n) is 13.2. The van der Waals surface area contributed by atoms with E-state index in [1.807, 2.05) is 48.5 Å². The van der Waals surface area contributed by atoms with Crippen LogP contribution in [0, 0.1) is 0 Å². The van der Waals surface area contributed by atoms with Crippen molar-refractivity contribution in [2.75, 3.05) is 21.3 Å². The maximum Gasteiger partial charge on any atom is 0.203 e. The first kappa shape index (κ1) is 15.0. The molecule has 0 aliphatic heterocycles. The summed E-state index contributed by atoms with van der Waals surface area (Å²) in [7, 11) is 4.73. The fourth-order valence-electron chi connectivity index (χ4n) is 2.38. The fraction of sp³-hybridized carbons (Fsp3) is 0.167. The molecule has 0 spiro atoms. The van der Waals surface area contributed by atoms with E-state index in [1.54, 1.807) is 21.3 Å². The molecule has 3 rings (SSSR count). The minimum absolute atomic E-state index is 0.543. The summed E-state index contributed by atoms with van der Waals surface area (Å²) in [5.74, 6) is 2.31. The van der Waals surface area contributed by atoms with Crippen LogP contribution in [0.15, 0.2) is 53.1 Å². The molecule has 0 bridgehead atoms. The molecule has 0 aliphatic carbocycles. The zero-order valence-corrected chi connectivity index (χ0v) is 13.2.